The molecule has 108 valence electrons. The number of rotatable bonds is 3. The first-order chi connectivity index (χ1) is 9.88. The largest absolute Gasteiger partial charge is 0.322 e. The van der Waals surface area contributed by atoms with E-state index in [-0.39, 0.29) is 11.6 Å². The molecular weight excluding hydrogens is 268 g/mol. The van der Waals surface area contributed by atoms with Crippen LogP contribution in [0.3, 0.4) is 0 Å². The van der Waals surface area contributed by atoms with Crippen molar-refractivity contribution in [2.75, 3.05) is 5.32 Å². The molecule has 2 aromatic rings. The molecule has 2 rings (SSSR count). The van der Waals surface area contributed by atoms with Crippen LogP contribution < -0.4 is 5.32 Å². The van der Waals surface area contributed by atoms with Crippen LogP contribution in [0.25, 0.3) is 0 Å². The maximum absolute atomic E-state index is 12.2. The summed E-state index contributed by atoms with van der Waals surface area (Å²) in [5.41, 5.74) is 3.83. The average molecular weight is 284 g/mol. The molecule has 0 atom stereocenters. The normalized spacial score (nSPS) is 10.2. The van der Waals surface area contributed by atoms with Gasteiger partial charge >= 0.3 is 0 Å². The number of nitrogens with one attached hydrogen (secondary N) is 1. The average Bonchev–Trinajstić information content (AvgIpc) is 2.41. The fourth-order valence-corrected chi connectivity index (χ4v) is 2.02. The van der Waals surface area contributed by atoms with Crippen molar-refractivity contribution in [1.82, 2.24) is 0 Å². The highest BCUT2D eigenvalue weighted by atomic mass is 16.6. The predicted octanol–water partition coefficient (Wildman–Crippen LogP) is 3.77. The molecule has 0 heterocycles. The molecule has 5 heteroatoms. The van der Waals surface area contributed by atoms with E-state index in [9.17, 15) is 14.9 Å². The monoisotopic (exact) mass is 284 g/mol. The summed E-state index contributed by atoms with van der Waals surface area (Å²) in [6, 6.07) is 10.00. The number of carbonyl (C=O) groups excluding carboxylic acids is 1. The van der Waals surface area contributed by atoms with Crippen LogP contribution in [0.5, 0.6) is 0 Å². The third-order valence-corrected chi connectivity index (χ3v) is 3.42. The highest BCUT2D eigenvalue weighted by molar-refractivity contribution is 6.04. The molecule has 21 heavy (non-hydrogen) atoms. The molecule has 0 bridgehead atoms. The van der Waals surface area contributed by atoms with Crippen molar-refractivity contribution >= 4 is 17.3 Å². The third kappa shape index (κ3) is 3.25. The lowest BCUT2D eigenvalue weighted by molar-refractivity contribution is -0.385. The van der Waals surface area contributed by atoms with Crippen molar-refractivity contribution in [3.8, 4) is 0 Å². The van der Waals surface area contributed by atoms with Crippen LogP contribution in [-0.2, 0) is 0 Å². The molecule has 0 aromatic heterocycles. The van der Waals surface area contributed by atoms with Crippen molar-refractivity contribution in [1.29, 1.82) is 0 Å². The highest BCUT2D eigenvalue weighted by Gasteiger charge is 2.12. The summed E-state index contributed by atoms with van der Waals surface area (Å²) >= 11 is 0. The molecule has 1 N–H and O–H groups in total. The minimum Gasteiger partial charge on any atom is -0.322 e. The van der Waals surface area contributed by atoms with Crippen LogP contribution >= 0.6 is 0 Å². The molecule has 0 spiro atoms. The standard InChI is InChI=1S/C16H16N2O3/c1-10-4-5-13(8-11(10)2)16(19)17-14-6-7-15(18(20)21)12(3)9-14/h4-9H,1-3H3,(H,17,19). The van der Waals surface area contributed by atoms with Crippen LogP contribution in [0.4, 0.5) is 11.4 Å². The Morgan fingerprint density at radius 3 is 2.29 bits per heavy atom. The van der Waals surface area contributed by atoms with E-state index >= 15 is 0 Å². The molecule has 0 radical (unpaired) electrons. The van der Waals surface area contributed by atoms with Gasteiger partial charge in [0.05, 0.1) is 4.92 Å². The number of benzene rings is 2. The Labute approximate surface area is 122 Å². The van der Waals surface area contributed by atoms with E-state index in [1.165, 1.54) is 12.1 Å². The van der Waals surface area contributed by atoms with Crippen molar-refractivity contribution in [2.45, 2.75) is 20.8 Å². The summed E-state index contributed by atoms with van der Waals surface area (Å²) in [6.07, 6.45) is 0. The second-order valence-electron chi connectivity index (χ2n) is 5.01. The zero-order valence-electron chi connectivity index (χ0n) is 12.1. The molecule has 0 aliphatic carbocycles. The number of aryl methyl sites for hydroxylation is 3. The van der Waals surface area contributed by atoms with E-state index < -0.39 is 4.92 Å². The van der Waals surface area contributed by atoms with E-state index in [1.54, 1.807) is 19.1 Å². The van der Waals surface area contributed by atoms with Gasteiger partial charge in [-0.3, -0.25) is 14.9 Å². The third-order valence-electron chi connectivity index (χ3n) is 3.42. The SMILES string of the molecule is Cc1ccc(C(=O)Nc2ccc([N+](=O)[O-])c(C)c2)cc1C. The summed E-state index contributed by atoms with van der Waals surface area (Å²) in [4.78, 5) is 22.5. The topological polar surface area (TPSA) is 72.2 Å². The van der Waals surface area contributed by atoms with Crippen molar-refractivity contribution in [3.05, 3.63) is 68.8 Å². The number of nitrogens with zero attached hydrogens (tertiary/aromatic N) is 1. The molecule has 0 saturated heterocycles. The highest BCUT2D eigenvalue weighted by Crippen LogP contribution is 2.22. The fourth-order valence-electron chi connectivity index (χ4n) is 2.02. The Balaban J connectivity index is 2.21. The van der Waals surface area contributed by atoms with Crippen molar-refractivity contribution in [2.24, 2.45) is 0 Å². The first kappa shape index (κ1) is 14.7. The van der Waals surface area contributed by atoms with E-state index in [0.29, 0.717) is 16.8 Å². The second kappa shape index (κ2) is 5.75. The molecular formula is C16H16N2O3. The van der Waals surface area contributed by atoms with Gasteiger partial charge in [-0.05, 0) is 56.2 Å². The Kier molecular flexibility index (Phi) is 4.03. The molecule has 0 saturated carbocycles. The Morgan fingerprint density at radius 1 is 1.00 bits per heavy atom. The minimum absolute atomic E-state index is 0.0409. The number of anilines is 1. The Hall–Kier alpha value is -2.69. The lowest BCUT2D eigenvalue weighted by Crippen LogP contribution is -2.12. The molecule has 1 amide bonds. The number of amides is 1. The van der Waals surface area contributed by atoms with E-state index in [4.69, 9.17) is 0 Å². The fraction of sp³-hybridized carbons (Fsp3) is 0.188. The van der Waals surface area contributed by atoms with Crippen LogP contribution in [0.15, 0.2) is 36.4 Å². The lowest BCUT2D eigenvalue weighted by Gasteiger charge is -2.08. The number of carbonyl (C=O) groups is 1. The zero-order chi connectivity index (χ0) is 15.6. The van der Waals surface area contributed by atoms with Gasteiger partial charge in [-0.25, -0.2) is 0 Å². The van der Waals surface area contributed by atoms with Crippen molar-refractivity contribution in [3.63, 3.8) is 0 Å². The summed E-state index contributed by atoms with van der Waals surface area (Å²) in [5, 5.41) is 13.5. The summed E-state index contributed by atoms with van der Waals surface area (Å²) < 4.78 is 0. The van der Waals surface area contributed by atoms with E-state index in [1.807, 2.05) is 26.0 Å². The zero-order valence-corrected chi connectivity index (χ0v) is 12.1. The van der Waals surface area contributed by atoms with Crippen LogP contribution in [-0.4, -0.2) is 10.8 Å². The van der Waals surface area contributed by atoms with Crippen LogP contribution in [0.1, 0.15) is 27.0 Å². The summed E-state index contributed by atoms with van der Waals surface area (Å²) in [6.45, 7) is 5.57. The first-order valence-electron chi connectivity index (χ1n) is 6.52. The van der Waals surface area contributed by atoms with Gasteiger partial charge in [0.15, 0.2) is 0 Å². The Bertz CT molecular complexity index is 723. The van der Waals surface area contributed by atoms with Gasteiger partial charge in [-0.15, -0.1) is 0 Å². The minimum atomic E-state index is -0.440. The molecule has 5 nitrogen and oxygen atoms in total. The van der Waals surface area contributed by atoms with E-state index in [0.717, 1.165) is 11.1 Å². The predicted molar refractivity (Wildman–Crippen MR) is 81.7 cm³/mol. The van der Waals surface area contributed by atoms with E-state index in [2.05, 4.69) is 5.32 Å². The number of nitro benzene ring substituents is 1. The van der Waals surface area contributed by atoms with Crippen LogP contribution in [0.2, 0.25) is 0 Å². The molecule has 0 aliphatic rings. The van der Waals surface area contributed by atoms with Gasteiger partial charge in [0.2, 0.25) is 0 Å². The summed E-state index contributed by atoms with van der Waals surface area (Å²) in [5.74, 6) is -0.230. The number of hydrogen-bond donors (Lipinski definition) is 1. The second-order valence-corrected chi connectivity index (χ2v) is 5.01. The molecule has 0 aliphatic heterocycles. The van der Waals surface area contributed by atoms with Gasteiger partial charge < -0.3 is 5.32 Å². The maximum atomic E-state index is 12.2. The van der Waals surface area contributed by atoms with Gasteiger partial charge in [0, 0.05) is 22.9 Å². The molecule has 2 aromatic carbocycles. The smallest absolute Gasteiger partial charge is 0.272 e. The van der Waals surface area contributed by atoms with Gasteiger partial charge in [0.1, 0.15) is 0 Å². The summed E-state index contributed by atoms with van der Waals surface area (Å²) in [7, 11) is 0. The van der Waals surface area contributed by atoms with Gasteiger partial charge in [-0.2, -0.15) is 0 Å². The molecule has 0 unspecified atom stereocenters. The lowest BCUT2D eigenvalue weighted by atomic mass is 10.1. The Morgan fingerprint density at radius 2 is 1.71 bits per heavy atom. The maximum Gasteiger partial charge on any atom is 0.272 e. The van der Waals surface area contributed by atoms with Crippen LogP contribution in [0, 0.1) is 30.9 Å². The van der Waals surface area contributed by atoms with Crippen molar-refractivity contribution < 1.29 is 9.72 Å². The van der Waals surface area contributed by atoms with Gasteiger partial charge in [0.25, 0.3) is 11.6 Å². The molecule has 0 fully saturated rings. The quantitative estimate of drug-likeness (QED) is 0.688. The number of nitro groups is 1. The van der Waals surface area contributed by atoms with Gasteiger partial charge in [-0.1, -0.05) is 6.07 Å². The number of hydrogen-bond acceptors (Lipinski definition) is 3. The first-order valence-corrected chi connectivity index (χ1v) is 6.52.